The molecule has 148 valence electrons. The van der Waals surface area contributed by atoms with Crippen molar-refractivity contribution in [3.05, 3.63) is 18.2 Å². The molecule has 0 radical (unpaired) electrons. The number of benzene rings is 1. The Labute approximate surface area is 159 Å². The number of anilines is 1. The molecule has 0 atom stereocenters. The van der Waals surface area contributed by atoms with Crippen LogP contribution in [0, 0.1) is 0 Å². The molecule has 2 N–H and O–H groups in total. The molecule has 1 saturated heterocycles. The summed E-state index contributed by atoms with van der Waals surface area (Å²) in [6.45, 7) is 4.72. The summed E-state index contributed by atoms with van der Waals surface area (Å²) in [6.07, 6.45) is 1.20. The lowest BCUT2D eigenvalue weighted by molar-refractivity contribution is -0.159. The summed E-state index contributed by atoms with van der Waals surface area (Å²) < 4.78 is 16.6. The van der Waals surface area contributed by atoms with E-state index in [1.54, 1.807) is 30.2 Å². The first-order valence-corrected chi connectivity index (χ1v) is 9.33. The second-order valence-corrected chi connectivity index (χ2v) is 6.67. The van der Waals surface area contributed by atoms with Gasteiger partial charge in [-0.15, -0.1) is 0 Å². The molecular formula is C19H27N3O5. The molecule has 0 spiro atoms. The number of likely N-dealkylation sites (N-methyl/N-ethyl adjacent to an activating group) is 1. The summed E-state index contributed by atoms with van der Waals surface area (Å²) >= 11 is 0. The van der Waals surface area contributed by atoms with Gasteiger partial charge >= 0.3 is 0 Å². The van der Waals surface area contributed by atoms with Crippen molar-refractivity contribution in [1.29, 1.82) is 0 Å². The summed E-state index contributed by atoms with van der Waals surface area (Å²) in [5.74, 6) is 0.876. The van der Waals surface area contributed by atoms with Gasteiger partial charge in [-0.05, 0) is 45.0 Å². The zero-order valence-electron chi connectivity index (χ0n) is 15.9. The molecule has 0 saturated carbocycles. The number of hydrogen-bond donors (Lipinski definition) is 2. The fourth-order valence-electron chi connectivity index (χ4n) is 3.45. The lowest BCUT2D eigenvalue weighted by atomic mass is 9.90. The fourth-order valence-corrected chi connectivity index (χ4v) is 3.45. The average molecular weight is 377 g/mol. The summed E-state index contributed by atoms with van der Waals surface area (Å²) in [5.41, 5.74) is -0.241. The van der Waals surface area contributed by atoms with Crippen LogP contribution in [0.3, 0.4) is 0 Å². The van der Waals surface area contributed by atoms with Gasteiger partial charge in [-0.25, -0.2) is 0 Å². The van der Waals surface area contributed by atoms with Crippen molar-refractivity contribution in [1.82, 2.24) is 10.2 Å². The number of piperidine rings is 1. The van der Waals surface area contributed by atoms with Crippen LogP contribution in [0.25, 0.3) is 0 Å². The molecule has 8 heteroatoms. The Kier molecular flexibility index (Phi) is 6.18. The number of carbonyl (C=O) groups is 2. The van der Waals surface area contributed by atoms with Crippen molar-refractivity contribution in [2.75, 3.05) is 51.8 Å². The van der Waals surface area contributed by atoms with E-state index in [0.717, 1.165) is 13.1 Å². The number of hydrogen-bond acceptors (Lipinski definition) is 6. The zero-order valence-corrected chi connectivity index (χ0v) is 15.9. The molecule has 2 amide bonds. The SMILES string of the molecule is CCN(CC(=O)Nc1ccc2c(c1)OCCO2)C(=O)C1(OC)CCNCC1. The minimum atomic E-state index is -0.849. The molecule has 0 unspecified atom stereocenters. The number of nitrogens with zero attached hydrogens (tertiary/aromatic N) is 1. The number of amides is 2. The third kappa shape index (κ3) is 4.33. The third-order valence-corrected chi connectivity index (χ3v) is 5.02. The molecule has 1 aromatic carbocycles. The lowest BCUT2D eigenvalue weighted by Gasteiger charge is -2.38. The molecule has 2 heterocycles. The molecule has 27 heavy (non-hydrogen) atoms. The van der Waals surface area contributed by atoms with Gasteiger partial charge < -0.3 is 29.7 Å². The Morgan fingerprint density at radius 3 is 2.59 bits per heavy atom. The van der Waals surface area contributed by atoms with Gasteiger partial charge in [0.2, 0.25) is 5.91 Å². The smallest absolute Gasteiger partial charge is 0.255 e. The minimum Gasteiger partial charge on any atom is -0.486 e. The Bertz CT molecular complexity index is 688. The first kappa shape index (κ1) is 19.4. The fraction of sp³-hybridized carbons (Fsp3) is 0.579. The maximum Gasteiger partial charge on any atom is 0.255 e. The predicted octanol–water partition coefficient (Wildman–Crippen LogP) is 1.01. The Balaban J connectivity index is 1.63. The molecule has 1 fully saturated rings. The van der Waals surface area contributed by atoms with Crippen LogP contribution in [0.1, 0.15) is 19.8 Å². The maximum atomic E-state index is 13.0. The van der Waals surface area contributed by atoms with Crippen molar-refractivity contribution < 1.29 is 23.8 Å². The van der Waals surface area contributed by atoms with Crippen molar-refractivity contribution >= 4 is 17.5 Å². The molecular weight excluding hydrogens is 350 g/mol. The van der Waals surface area contributed by atoms with Crippen LogP contribution < -0.4 is 20.1 Å². The number of nitrogens with one attached hydrogen (secondary N) is 2. The van der Waals surface area contributed by atoms with Crippen molar-refractivity contribution in [2.45, 2.75) is 25.4 Å². The van der Waals surface area contributed by atoms with Crippen LogP contribution in [0.15, 0.2) is 18.2 Å². The van der Waals surface area contributed by atoms with E-state index in [1.807, 2.05) is 6.92 Å². The number of carbonyl (C=O) groups excluding carboxylic acids is 2. The highest BCUT2D eigenvalue weighted by atomic mass is 16.6. The second-order valence-electron chi connectivity index (χ2n) is 6.67. The van der Waals surface area contributed by atoms with E-state index >= 15 is 0 Å². The minimum absolute atomic E-state index is 0.0255. The van der Waals surface area contributed by atoms with Crippen LogP contribution in [-0.2, 0) is 14.3 Å². The van der Waals surface area contributed by atoms with E-state index in [1.165, 1.54) is 0 Å². The van der Waals surface area contributed by atoms with E-state index in [9.17, 15) is 9.59 Å². The first-order chi connectivity index (χ1) is 13.1. The predicted molar refractivity (Wildman–Crippen MR) is 100 cm³/mol. The van der Waals surface area contributed by atoms with Gasteiger partial charge in [0.05, 0.1) is 6.54 Å². The van der Waals surface area contributed by atoms with E-state index < -0.39 is 5.60 Å². The number of rotatable bonds is 6. The van der Waals surface area contributed by atoms with Gasteiger partial charge in [0.15, 0.2) is 11.5 Å². The highest BCUT2D eigenvalue weighted by Crippen LogP contribution is 2.32. The van der Waals surface area contributed by atoms with Gasteiger partial charge in [-0.2, -0.15) is 0 Å². The Morgan fingerprint density at radius 1 is 1.22 bits per heavy atom. The topological polar surface area (TPSA) is 89.1 Å². The summed E-state index contributed by atoms with van der Waals surface area (Å²) in [5, 5.41) is 6.06. The molecule has 3 rings (SSSR count). The largest absolute Gasteiger partial charge is 0.486 e. The Morgan fingerprint density at radius 2 is 1.93 bits per heavy atom. The van der Waals surface area contributed by atoms with Gasteiger partial charge in [-0.1, -0.05) is 0 Å². The molecule has 0 aromatic heterocycles. The highest BCUT2D eigenvalue weighted by molar-refractivity contribution is 5.96. The first-order valence-electron chi connectivity index (χ1n) is 9.33. The van der Waals surface area contributed by atoms with Crippen LogP contribution in [0.4, 0.5) is 5.69 Å². The number of ether oxygens (including phenoxy) is 3. The standard InChI is InChI=1S/C19H27N3O5/c1-3-22(18(24)19(25-2)6-8-20-9-7-19)13-17(23)21-14-4-5-15-16(12-14)27-11-10-26-15/h4-5,12,20H,3,6-11,13H2,1-2H3,(H,21,23). The van der Waals surface area contributed by atoms with Gasteiger partial charge in [-0.3, -0.25) is 9.59 Å². The monoisotopic (exact) mass is 377 g/mol. The van der Waals surface area contributed by atoms with E-state index in [4.69, 9.17) is 14.2 Å². The normalized spacial score (nSPS) is 17.9. The summed E-state index contributed by atoms with van der Waals surface area (Å²) in [4.78, 5) is 27.1. The van der Waals surface area contributed by atoms with Gasteiger partial charge in [0.1, 0.15) is 18.8 Å². The van der Waals surface area contributed by atoms with E-state index in [-0.39, 0.29) is 18.4 Å². The molecule has 2 aliphatic heterocycles. The summed E-state index contributed by atoms with van der Waals surface area (Å²) in [6, 6.07) is 5.25. The zero-order chi connectivity index (χ0) is 19.3. The quantitative estimate of drug-likeness (QED) is 0.769. The van der Waals surface area contributed by atoms with Crippen LogP contribution >= 0.6 is 0 Å². The van der Waals surface area contributed by atoms with Gasteiger partial charge in [0.25, 0.3) is 5.91 Å². The Hall–Kier alpha value is -2.32. The van der Waals surface area contributed by atoms with Gasteiger partial charge in [0, 0.05) is 25.4 Å². The number of fused-ring (bicyclic) bond motifs is 1. The van der Waals surface area contributed by atoms with Crippen LogP contribution in [0.2, 0.25) is 0 Å². The van der Waals surface area contributed by atoms with Crippen molar-refractivity contribution in [3.63, 3.8) is 0 Å². The third-order valence-electron chi connectivity index (χ3n) is 5.02. The van der Waals surface area contributed by atoms with E-state index in [0.29, 0.717) is 49.8 Å². The van der Waals surface area contributed by atoms with Crippen LogP contribution in [-0.4, -0.2) is 68.8 Å². The molecule has 8 nitrogen and oxygen atoms in total. The second kappa shape index (κ2) is 8.58. The lowest BCUT2D eigenvalue weighted by Crippen LogP contribution is -2.56. The summed E-state index contributed by atoms with van der Waals surface area (Å²) in [7, 11) is 1.56. The highest BCUT2D eigenvalue weighted by Gasteiger charge is 2.42. The molecule has 0 bridgehead atoms. The molecule has 0 aliphatic carbocycles. The van der Waals surface area contributed by atoms with Crippen molar-refractivity contribution in [2.24, 2.45) is 0 Å². The molecule has 1 aromatic rings. The average Bonchev–Trinajstić information content (AvgIpc) is 2.72. The van der Waals surface area contributed by atoms with E-state index in [2.05, 4.69) is 10.6 Å². The van der Waals surface area contributed by atoms with Crippen molar-refractivity contribution in [3.8, 4) is 11.5 Å². The van der Waals surface area contributed by atoms with Crippen LogP contribution in [0.5, 0.6) is 11.5 Å². The molecule has 2 aliphatic rings. The number of methoxy groups -OCH3 is 1. The maximum absolute atomic E-state index is 13.0.